The van der Waals surface area contributed by atoms with Crippen LogP contribution in [0.1, 0.15) is 24.0 Å². The van der Waals surface area contributed by atoms with E-state index in [1.165, 1.54) is 5.56 Å². The number of rotatable bonds is 6. The molecule has 0 saturated heterocycles. The Morgan fingerprint density at radius 2 is 1.77 bits per heavy atom. The van der Waals surface area contributed by atoms with Crippen LogP contribution in [-0.4, -0.2) is 39.3 Å². The van der Waals surface area contributed by atoms with Gasteiger partial charge in [0, 0.05) is 18.3 Å². The van der Waals surface area contributed by atoms with Gasteiger partial charge < -0.3 is 10.2 Å². The van der Waals surface area contributed by atoms with Crippen LogP contribution < -0.4 is 5.32 Å². The number of amides is 1. The molecule has 4 rings (SSSR count). The molecule has 0 aliphatic carbocycles. The number of fused-ring (bicyclic) bond motifs is 1. The zero-order chi connectivity index (χ0) is 21.1. The van der Waals surface area contributed by atoms with Crippen molar-refractivity contribution in [1.29, 1.82) is 0 Å². The third-order valence-electron chi connectivity index (χ3n) is 5.12. The van der Waals surface area contributed by atoms with Gasteiger partial charge in [-0.15, -0.1) is 0 Å². The average molecular weight is 399 g/mol. The Kier molecular flexibility index (Phi) is 5.59. The highest BCUT2D eigenvalue weighted by molar-refractivity contribution is 5.95. The van der Waals surface area contributed by atoms with Crippen molar-refractivity contribution in [3.63, 3.8) is 0 Å². The van der Waals surface area contributed by atoms with Crippen LogP contribution in [0.2, 0.25) is 0 Å². The first-order valence-corrected chi connectivity index (χ1v) is 9.95. The van der Waals surface area contributed by atoms with Crippen LogP contribution in [0.25, 0.3) is 16.9 Å². The summed E-state index contributed by atoms with van der Waals surface area (Å²) in [4.78, 5) is 23.9. The third-order valence-corrected chi connectivity index (χ3v) is 5.12. The van der Waals surface area contributed by atoms with E-state index in [2.05, 4.69) is 32.3 Å². The fourth-order valence-electron chi connectivity index (χ4n) is 3.50. The lowest BCUT2D eigenvalue weighted by molar-refractivity contribution is -0.117. The summed E-state index contributed by atoms with van der Waals surface area (Å²) in [7, 11) is 4.09. The molecule has 2 aromatic carbocycles. The number of nitrogens with one attached hydrogen (secondary N) is 1. The Hall–Kier alpha value is -3.51. The van der Waals surface area contributed by atoms with E-state index in [1.807, 2.05) is 74.1 Å². The average Bonchev–Trinajstić information content (AvgIpc) is 3.15. The maximum Gasteiger partial charge on any atom is 0.232 e. The Labute approximate surface area is 176 Å². The highest BCUT2D eigenvalue weighted by atomic mass is 16.1. The minimum absolute atomic E-state index is 0.0747. The monoisotopic (exact) mass is 399 g/mol. The Morgan fingerprint density at radius 1 is 1.03 bits per heavy atom. The summed E-state index contributed by atoms with van der Waals surface area (Å²) in [5.74, 6) is 0.291. The molecule has 0 fully saturated rings. The molecule has 30 heavy (non-hydrogen) atoms. The molecule has 152 valence electrons. The van der Waals surface area contributed by atoms with Crippen LogP contribution in [0, 0.1) is 0 Å². The van der Waals surface area contributed by atoms with Gasteiger partial charge >= 0.3 is 0 Å². The molecular weight excluding hydrogens is 374 g/mol. The second-order valence-electron chi connectivity index (χ2n) is 7.66. The molecule has 6 nitrogen and oxygen atoms in total. The zero-order valence-electron chi connectivity index (χ0n) is 17.4. The van der Waals surface area contributed by atoms with Crippen molar-refractivity contribution >= 4 is 17.4 Å². The number of benzene rings is 2. The van der Waals surface area contributed by atoms with Crippen molar-refractivity contribution in [2.75, 3.05) is 19.4 Å². The molecule has 0 aliphatic heterocycles. The molecule has 2 heterocycles. The SMILES string of the molecule is CC(C(=O)Nc1cnc2cnc(-c3ccccc3CN(C)C)cn12)c1ccccc1. The third kappa shape index (κ3) is 4.09. The van der Waals surface area contributed by atoms with Gasteiger partial charge in [0.05, 0.1) is 24.0 Å². The van der Waals surface area contributed by atoms with Gasteiger partial charge in [-0.25, -0.2) is 4.98 Å². The van der Waals surface area contributed by atoms with Gasteiger partial charge in [-0.1, -0.05) is 54.6 Å². The van der Waals surface area contributed by atoms with E-state index in [1.54, 1.807) is 12.4 Å². The predicted octanol–water partition coefficient (Wildman–Crippen LogP) is 4.20. The first-order valence-electron chi connectivity index (χ1n) is 9.95. The lowest BCUT2D eigenvalue weighted by Gasteiger charge is -2.15. The molecule has 6 heteroatoms. The van der Waals surface area contributed by atoms with Crippen molar-refractivity contribution in [3.8, 4) is 11.3 Å². The highest BCUT2D eigenvalue weighted by Gasteiger charge is 2.17. The molecule has 0 radical (unpaired) electrons. The fraction of sp³-hybridized carbons (Fsp3) is 0.208. The number of anilines is 1. The summed E-state index contributed by atoms with van der Waals surface area (Å²) < 4.78 is 1.88. The van der Waals surface area contributed by atoms with Gasteiger partial charge in [-0.2, -0.15) is 0 Å². The van der Waals surface area contributed by atoms with Crippen molar-refractivity contribution in [1.82, 2.24) is 19.3 Å². The van der Waals surface area contributed by atoms with Gasteiger partial charge in [0.15, 0.2) is 5.65 Å². The normalized spacial score (nSPS) is 12.3. The second-order valence-corrected chi connectivity index (χ2v) is 7.66. The van der Waals surface area contributed by atoms with Crippen LogP contribution in [0.5, 0.6) is 0 Å². The molecule has 1 N–H and O–H groups in total. The van der Waals surface area contributed by atoms with E-state index in [-0.39, 0.29) is 11.8 Å². The van der Waals surface area contributed by atoms with Crippen LogP contribution in [0.4, 0.5) is 5.82 Å². The smallest absolute Gasteiger partial charge is 0.232 e. The van der Waals surface area contributed by atoms with E-state index in [9.17, 15) is 4.79 Å². The van der Waals surface area contributed by atoms with Crippen molar-refractivity contribution < 1.29 is 4.79 Å². The first kappa shape index (κ1) is 19.8. The minimum Gasteiger partial charge on any atom is -0.310 e. The molecule has 0 spiro atoms. The van der Waals surface area contributed by atoms with Crippen LogP contribution in [0.3, 0.4) is 0 Å². The number of imidazole rings is 1. The van der Waals surface area contributed by atoms with Crippen molar-refractivity contribution in [2.24, 2.45) is 0 Å². The standard InChI is InChI=1S/C24H25N5O/c1-17(18-9-5-4-6-10-18)24(30)27-23-14-26-22-13-25-21(16-29(22)23)20-12-8-7-11-19(20)15-28(2)3/h4-14,16-17H,15H2,1-3H3,(H,27,30). The highest BCUT2D eigenvalue weighted by Crippen LogP contribution is 2.25. The number of carbonyl (C=O) groups excluding carboxylic acids is 1. The molecule has 1 amide bonds. The van der Waals surface area contributed by atoms with Crippen LogP contribution >= 0.6 is 0 Å². The van der Waals surface area contributed by atoms with Gasteiger partial charge in [0.25, 0.3) is 0 Å². The van der Waals surface area contributed by atoms with E-state index in [0.29, 0.717) is 11.5 Å². The minimum atomic E-state index is -0.265. The fourth-order valence-corrected chi connectivity index (χ4v) is 3.50. The number of aromatic nitrogens is 3. The lowest BCUT2D eigenvalue weighted by atomic mass is 10.0. The van der Waals surface area contributed by atoms with E-state index >= 15 is 0 Å². The van der Waals surface area contributed by atoms with Gasteiger partial charge in [0.1, 0.15) is 5.82 Å². The topological polar surface area (TPSA) is 62.5 Å². The summed E-state index contributed by atoms with van der Waals surface area (Å²) in [6, 6.07) is 18.0. The summed E-state index contributed by atoms with van der Waals surface area (Å²) in [5.41, 5.74) is 4.76. The molecule has 1 atom stereocenters. The maximum absolute atomic E-state index is 12.8. The lowest BCUT2D eigenvalue weighted by Crippen LogP contribution is -2.19. The van der Waals surface area contributed by atoms with Crippen molar-refractivity contribution in [3.05, 3.63) is 84.3 Å². The van der Waals surface area contributed by atoms with Crippen LogP contribution in [0.15, 0.2) is 73.2 Å². The second kappa shape index (κ2) is 8.47. The Balaban J connectivity index is 1.65. The maximum atomic E-state index is 12.8. The number of carbonyl (C=O) groups is 1. The number of nitrogens with zero attached hydrogens (tertiary/aromatic N) is 4. The Bertz CT molecular complexity index is 1170. The summed E-state index contributed by atoms with van der Waals surface area (Å²) in [5, 5.41) is 3.01. The van der Waals surface area contributed by atoms with E-state index in [4.69, 9.17) is 0 Å². The van der Waals surface area contributed by atoms with Gasteiger partial charge in [-0.3, -0.25) is 14.2 Å². The quantitative estimate of drug-likeness (QED) is 0.528. The summed E-state index contributed by atoms with van der Waals surface area (Å²) in [6.07, 6.45) is 5.33. The number of hydrogen-bond acceptors (Lipinski definition) is 4. The molecular formula is C24H25N5O. The van der Waals surface area contributed by atoms with Crippen LogP contribution in [-0.2, 0) is 11.3 Å². The summed E-state index contributed by atoms with van der Waals surface area (Å²) >= 11 is 0. The Morgan fingerprint density at radius 3 is 2.53 bits per heavy atom. The van der Waals surface area contributed by atoms with E-state index < -0.39 is 0 Å². The van der Waals surface area contributed by atoms with Crippen molar-refractivity contribution in [2.45, 2.75) is 19.4 Å². The number of hydrogen-bond donors (Lipinski definition) is 1. The largest absolute Gasteiger partial charge is 0.310 e. The predicted molar refractivity (Wildman–Crippen MR) is 119 cm³/mol. The molecule has 0 saturated carbocycles. The molecule has 1 unspecified atom stereocenters. The molecule has 4 aromatic rings. The molecule has 0 aliphatic rings. The van der Waals surface area contributed by atoms with Gasteiger partial charge in [-0.05, 0) is 32.1 Å². The van der Waals surface area contributed by atoms with E-state index in [0.717, 1.165) is 23.4 Å². The van der Waals surface area contributed by atoms with Gasteiger partial charge in [0.2, 0.25) is 5.91 Å². The first-order chi connectivity index (χ1) is 14.5. The molecule has 2 aromatic heterocycles. The summed E-state index contributed by atoms with van der Waals surface area (Å²) in [6.45, 7) is 2.72. The molecule has 0 bridgehead atoms. The zero-order valence-corrected chi connectivity index (χ0v) is 17.4.